The largest absolute Gasteiger partial charge is 0.494 e. The fourth-order valence-corrected chi connectivity index (χ4v) is 5.56. The van der Waals surface area contributed by atoms with Crippen molar-refractivity contribution in [1.82, 2.24) is 9.80 Å². The standard InChI is InChI=1S/C29H29N3O3S/c1-2-35-24-15-13-23(14-16-24)32-28(33)26(27(29(32)34)36-25-11-7-4-8-12-25)31-19-17-30(18-20-31)21-22-9-5-3-6-10-22/h3-16H,2,17-21H2,1H3. The van der Waals surface area contributed by atoms with E-state index in [-0.39, 0.29) is 11.8 Å². The third-order valence-electron chi connectivity index (χ3n) is 6.32. The van der Waals surface area contributed by atoms with Crippen LogP contribution in [0.4, 0.5) is 5.69 Å². The lowest BCUT2D eigenvalue weighted by molar-refractivity contribution is -0.121. The van der Waals surface area contributed by atoms with Crippen LogP contribution in [0.3, 0.4) is 0 Å². The van der Waals surface area contributed by atoms with E-state index in [9.17, 15) is 9.59 Å². The zero-order valence-corrected chi connectivity index (χ0v) is 21.1. The average molecular weight is 500 g/mol. The molecule has 5 rings (SSSR count). The summed E-state index contributed by atoms with van der Waals surface area (Å²) in [7, 11) is 0. The molecule has 184 valence electrons. The topological polar surface area (TPSA) is 53.1 Å². The minimum absolute atomic E-state index is 0.265. The quantitative estimate of drug-likeness (QED) is 0.416. The molecule has 0 aromatic heterocycles. The second-order valence-electron chi connectivity index (χ2n) is 8.71. The molecular formula is C29H29N3O3S. The molecule has 0 aliphatic carbocycles. The Bertz CT molecular complexity index is 1240. The Balaban J connectivity index is 1.39. The van der Waals surface area contributed by atoms with Crippen molar-refractivity contribution in [2.75, 3.05) is 37.7 Å². The molecule has 2 aliphatic heterocycles. The monoisotopic (exact) mass is 499 g/mol. The number of rotatable bonds is 8. The molecule has 1 saturated heterocycles. The average Bonchev–Trinajstić information content (AvgIpc) is 3.15. The Kier molecular flexibility index (Phi) is 7.39. The van der Waals surface area contributed by atoms with Gasteiger partial charge in [0, 0.05) is 37.6 Å². The smallest absolute Gasteiger partial charge is 0.283 e. The van der Waals surface area contributed by atoms with Crippen LogP contribution in [-0.4, -0.2) is 54.4 Å². The number of piperazine rings is 1. The molecule has 2 heterocycles. The van der Waals surface area contributed by atoms with Crippen LogP contribution in [0, 0.1) is 0 Å². The molecule has 3 aromatic carbocycles. The second kappa shape index (κ2) is 11.0. The summed E-state index contributed by atoms with van der Waals surface area (Å²) in [6, 6.07) is 27.3. The van der Waals surface area contributed by atoms with E-state index in [1.807, 2.05) is 43.3 Å². The van der Waals surface area contributed by atoms with Crippen LogP contribution < -0.4 is 9.64 Å². The number of amides is 2. The van der Waals surface area contributed by atoms with Crippen LogP contribution in [0.15, 0.2) is 100 Å². The van der Waals surface area contributed by atoms with Gasteiger partial charge in [-0.2, -0.15) is 0 Å². The van der Waals surface area contributed by atoms with Gasteiger partial charge in [-0.05, 0) is 48.9 Å². The van der Waals surface area contributed by atoms with E-state index in [0.717, 1.165) is 24.5 Å². The fourth-order valence-electron chi connectivity index (χ4n) is 4.54. The van der Waals surface area contributed by atoms with Crippen molar-refractivity contribution < 1.29 is 14.3 Å². The predicted molar refractivity (Wildman–Crippen MR) is 143 cm³/mol. The van der Waals surface area contributed by atoms with Gasteiger partial charge in [0.1, 0.15) is 16.4 Å². The van der Waals surface area contributed by atoms with Crippen LogP contribution in [0.25, 0.3) is 0 Å². The Morgan fingerprint density at radius 1 is 0.778 bits per heavy atom. The van der Waals surface area contributed by atoms with E-state index >= 15 is 0 Å². The number of anilines is 1. The number of ether oxygens (including phenoxy) is 1. The molecule has 0 spiro atoms. The fraction of sp³-hybridized carbons (Fsp3) is 0.241. The van der Waals surface area contributed by atoms with Crippen molar-refractivity contribution in [2.24, 2.45) is 0 Å². The first kappa shape index (κ1) is 24.2. The highest BCUT2D eigenvalue weighted by molar-refractivity contribution is 8.04. The highest BCUT2D eigenvalue weighted by Gasteiger charge is 2.43. The highest BCUT2D eigenvalue weighted by atomic mass is 32.2. The minimum Gasteiger partial charge on any atom is -0.494 e. The first-order chi connectivity index (χ1) is 17.6. The molecule has 0 bridgehead atoms. The van der Waals surface area contributed by atoms with Gasteiger partial charge in [0.15, 0.2) is 0 Å². The molecule has 36 heavy (non-hydrogen) atoms. The van der Waals surface area contributed by atoms with E-state index in [0.29, 0.717) is 41.7 Å². The van der Waals surface area contributed by atoms with Crippen molar-refractivity contribution in [3.8, 4) is 5.75 Å². The van der Waals surface area contributed by atoms with Crippen LogP contribution in [0.1, 0.15) is 12.5 Å². The maximum atomic E-state index is 13.7. The van der Waals surface area contributed by atoms with Gasteiger partial charge in [-0.15, -0.1) is 0 Å². The number of thioether (sulfide) groups is 1. The zero-order chi connectivity index (χ0) is 24.9. The summed E-state index contributed by atoms with van der Waals surface area (Å²) in [5, 5.41) is 0. The Labute approximate surface area is 216 Å². The predicted octanol–water partition coefficient (Wildman–Crippen LogP) is 4.78. The van der Waals surface area contributed by atoms with Crippen molar-refractivity contribution in [3.05, 3.63) is 101 Å². The Morgan fingerprint density at radius 3 is 2.06 bits per heavy atom. The molecule has 6 nitrogen and oxygen atoms in total. The molecular weight excluding hydrogens is 470 g/mol. The summed E-state index contributed by atoms with van der Waals surface area (Å²) in [4.78, 5) is 34.6. The van der Waals surface area contributed by atoms with Gasteiger partial charge in [0.05, 0.1) is 12.3 Å². The third-order valence-corrected chi connectivity index (χ3v) is 7.40. The Hall–Kier alpha value is -3.55. The van der Waals surface area contributed by atoms with Gasteiger partial charge in [-0.1, -0.05) is 60.3 Å². The van der Waals surface area contributed by atoms with Gasteiger partial charge < -0.3 is 9.64 Å². The summed E-state index contributed by atoms with van der Waals surface area (Å²) in [6.45, 7) is 6.39. The van der Waals surface area contributed by atoms with E-state index in [1.54, 1.807) is 24.3 Å². The molecule has 2 amide bonds. The summed E-state index contributed by atoms with van der Waals surface area (Å²) in [5.41, 5.74) is 2.33. The number of carbonyl (C=O) groups is 2. The molecule has 1 fully saturated rings. The lowest BCUT2D eigenvalue weighted by Crippen LogP contribution is -2.47. The van der Waals surface area contributed by atoms with Gasteiger partial charge in [-0.25, -0.2) is 4.90 Å². The molecule has 0 radical (unpaired) electrons. The summed E-state index contributed by atoms with van der Waals surface area (Å²) >= 11 is 1.37. The Morgan fingerprint density at radius 2 is 1.42 bits per heavy atom. The molecule has 0 saturated carbocycles. The molecule has 0 unspecified atom stereocenters. The number of benzene rings is 3. The SMILES string of the molecule is CCOc1ccc(N2C(=O)C(Sc3ccccc3)=C(N3CCN(Cc4ccccc4)CC3)C2=O)cc1. The number of hydrogen-bond acceptors (Lipinski definition) is 6. The van der Waals surface area contributed by atoms with Crippen molar-refractivity contribution in [2.45, 2.75) is 18.4 Å². The lowest BCUT2D eigenvalue weighted by Gasteiger charge is -2.36. The highest BCUT2D eigenvalue weighted by Crippen LogP contribution is 2.39. The van der Waals surface area contributed by atoms with Crippen LogP contribution in [0.5, 0.6) is 5.75 Å². The minimum atomic E-state index is -0.278. The van der Waals surface area contributed by atoms with Crippen molar-refractivity contribution in [3.63, 3.8) is 0 Å². The first-order valence-corrected chi connectivity index (χ1v) is 13.1. The van der Waals surface area contributed by atoms with Gasteiger partial charge in [0.25, 0.3) is 11.8 Å². The third kappa shape index (κ3) is 5.17. The van der Waals surface area contributed by atoms with Gasteiger partial charge in [-0.3, -0.25) is 14.5 Å². The van der Waals surface area contributed by atoms with Crippen LogP contribution in [0.2, 0.25) is 0 Å². The summed E-state index contributed by atoms with van der Waals surface area (Å²) in [5.74, 6) is 0.167. The van der Waals surface area contributed by atoms with E-state index < -0.39 is 0 Å². The zero-order valence-electron chi connectivity index (χ0n) is 20.3. The molecule has 7 heteroatoms. The summed E-state index contributed by atoms with van der Waals surface area (Å²) < 4.78 is 5.53. The van der Waals surface area contributed by atoms with Crippen molar-refractivity contribution >= 4 is 29.3 Å². The van der Waals surface area contributed by atoms with E-state index in [4.69, 9.17) is 4.74 Å². The van der Waals surface area contributed by atoms with E-state index in [1.165, 1.54) is 22.2 Å². The number of nitrogens with zero attached hydrogens (tertiary/aromatic N) is 3. The molecule has 0 N–H and O–H groups in total. The van der Waals surface area contributed by atoms with Crippen LogP contribution in [-0.2, 0) is 16.1 Å². The van der Waals surface area contributed by atoms with Crippen LogP contribution >= 0.6 is 11.8 Å². The lowest BCUT2D eigenvalue weighted by atomic mass is 10.2. The van der Waals surface area contributed by atoms with Gasteiger partial charge >= 0.3 is 0 Å². The second-order valence-corrected chi connectivity index (χ2v) is 9.80. The molecule has 0 atom stereocenters. The maximum Gasteiger partial charge on any atom is 0.283 e. The number of hydrogen-bond donors (Lipinski definition) is 0. The van der Waals surface area contributed by atoms with Crippen molar-refractivity contribution in [1.29, 1.82) is 0 Å². The summed E-state index contributed by atoms with van der Waals surface area (Å²) in [6.07, 6.45) is 0. The first-order valence-electron chi connectivity index (χ1n) is 12.2. The normalized spacial score (nSPS) is 16.7. The molecule has 3 aromatic rings. The van der Waals surface area contributed by atoms with Gasteiger partial charge in [0.2, 0.25) is 0 Å². The number of carbonyl (C=O) groups excluding carboxylic acids is 2. The molecule has 2 aliphatic rings. The number of imide groups is 1. The van der Waals surface area contributed by atoms with E-state index in [2.05, 4.69) is 34.1 Å². The maximum absolute atomic E-state index is 13.7.